The first-order chi connectivity index (χ1) is 16.4. The fourth-order valence-corrected chi connectivity index (χ4v) is 4.75. The number of nitrogens with zero attached hydrogens (tertiary/aromatic N) is 1. The summed E-state index contributed by atoms with van der Waals surface area (Å²) in [6, 6.07) is 16.4. The Labute approximate surface area is 207 Å². The maximum absolute atomic E-state index is 13.0. The molecule has 0 spiro atoms. The Morgan fingerprint density at radius 3 is 2.50 bits per heavy atom. The molecule has 0 unspecified atom stereocenters. The number of carbonyl (C=O) groups is 3. The van der Waals surface area contributed by atoms with E-state index in [2.05, 4.69) is 16.7 Å². The van der Waals surface area contributed by atoms with Crippen molar-refractivity contribution >= 4 is 46.8 Å². The Morgan fingerprint density at radius 2 is 1.88 bits per heavy atom. The molecule has 0 aliphatic carbocycles. The molecule has 0 aromatic heterocycles. The molecular weight excluding hydrogens is 474 g/mol. The van der Waals surface area contributed by atoms with Crippen molar-refractivity contribution in [3.05, 3.63) is 75.3 Å². The van der Waals surface area contributed by atoms with Crippen molar-refractivity contribution in [2.75, 3.05) is 17.7 Å². The van der Waals surface area contributed by atoms with Crippen LogP contribution in [0.3, 0.4) is 0 Å². The lowest BCUT2D eigenvalue weighted by molar-refractivity contribution is -0.152. The van der Waals surface area contributed by atoms with Crippen molar-refractivity contribution in [2.45, 2.75) is 26.2 Å². The smallest absolute Gasteiger partial charge is 0.319 e. The zero-order valence-corrected chi connectivity index (χ0v) is 20.3. The van der Waals surface area contributed by atoms with Gasteiger partial charge in [-0.25, -0.2) is 0 Å². The standard InChI is InChI=1S/C25H24ClN3O4S/c1-3-15-9-11-16(12-10-15)28-20(30)14-34-24-18(13-27)21(17-7-5-6-8-19(17)26)22(23(31)29-24)25(32)33-4-2/h5-12,21-22H,3-4,14H2,1-2H3,(H,28,30)(H,29,31)/t21-,22+/m0/s1. The number of thioether (sulfide) groups is 1. The molecule has 0 saturated carbocycles. The number of rotatable bonds is 8. The number of carbonyl (C=O) groups excluding carboxylic acids is 3. The molecule has 3 rings (SSSR count). The molecule has 0 fully saturated rings. The Hall–Kier alpha value is -3.28. The summed E-state index contributed by atoms with van der Waals surface area (Å²) in [6.45, 7) is 3.77. The number of nitriles is 1. The molecule has 1 heterocycles. The van der Waals surface area contributed by atoms with E-state index >= 15 is 0 Å². The van der Waals surface area contributed by atoms with E-state index in [1.54, 1.807) is 31.2 Å². The highest BCUT2D eigenvalue weighted by atomic mass is 35.5. The van der Waals surface area contributed by atoms with E-state index in [1.165, 1.54) is 0 Å². The first-order valence-electron chi connectivity index (χ1n) is 10.8. The van der Waals surface area contributed by atoms with Gasteiger partial charge in [0.15, 0.2) is 0 Å². The van der Waals surface area contributed by atoms with Crippen LogP contribution in [0.25, 0.3) is 0 Å². The topological polar surface area (TPSA) is 108 Å². The number of amides is 2. The minimum Gasteiger partial charge on any atom is -0.465 e. The lowest BCUT2D eigenvalue weighted by Gasteiger charge is -2.31. The number of ether oxygens (including phenoxy) is 1. The average molecular weight is 498 g/mol. The van der Waals surface area contributed by atoms with E-state index in [9.17, 15) is 19.6 Å². The second-order valence-corrected chi connectivity index (χ2v) is 8.85. The fourth-order valence-electron chi connectivity index (χ4n) is 3.65. The molecule has 0 saturated heterocycles. The first kappa shape index (κ1) is 25.3. The van der Waals surface area contributed by atoms with Crippen molar-refractivity contribution in [2.24, 2.45) is 5.92 Å². The highest BCUT2D eigenvalue weighted by Gasteiger charge is 2.45. The van der Waals surface area contributed by atoms with Crippen LogP contribution < -0.4 is 10.6 Å². The van der Waals surface area contributed by atoms with Gasteiger partial charge < -0.3 is 15.4 Å². The summed E-state index contributed by atoms with van der Waals surface area (Å²) in [5.74, 6) is -3.90. The third-order valence-electron chi connectivity index (χ3n) is 5.30. The third kappa shape index (κ3) is 5.79. The number of esters is 1. The van der Waals surface area contributed by atoms with Gasteiger partial charge in [-0.15, -0.1) is 0 Å². The second-order valence-electron chi connectivity index (χ2n) is 7.46. The summed E-state index contributed by atoms with van der Waals surface area (Å²) in [5, 5.41) is 15.9. The Bertz CT molecular complexity index is 1160. The SMILES string of the molecule is CCOC(=O)[C@H]1C(=O)NC(SCC(=O)Nc2ccc(CC)cc2)=C(C#N)[C@@H]1c1ccccc1Cl. The Kier molecular flexibility index (Phi) is 8.74. The number of hydrogen-bond donors (Lipinski definition) is 2. The van der Waals surface area contributed by atoms with Crippen molar-refractivity contribution in [3.63, 3.8) is 0 Å². The molecular formula is C25H24ClN3O4S. The fraction of sp³-hybridized carbons (Fsp3) is 0.280. The maximum atomic E-state index is 13.0. The van der Waals surface area contributed by atoms with Gasteiger partial charge in [-0.1, -0.05) is 60.6 Å². The molecule has 2 aromatic carbocycles. The molecule has 34 heavy (non-hydrogen) atoms. The van der Waals surface area contributed by atoms with Crippen molar-refractivity contribution < 1.29 is 19.1 Å². The minimum atomic E-state index is -1.27. The molecule has 2 amide bonds. The zero-order chi connectivity index (χ0) is 24.7. The lowest BCUT2D eigenvalue weighted by Crippen LogP contribution is -2.44. The lowest BCUT2D eigenvalue weighted by atomic mass is 9.78. The maximum Gasteiger partial charge on any atom is 0.319 e. The summed E-state index contributed by atoms with van der Waals surface area (Å²) in [4.78, 5) is 38.1. The van der Waals surface area contributed by atoms with Crippen LogP contribution in [0.1, 0.15) is 30.9 Å². The highest BCUT2D eigenvalue weighted by Crippen LogP contribution is 2.42. The van der Waals surface area contributed by atoms with E-state index < -0.39 is 23.7 Å². The molecule has 176 valence electrons. The van der Waals surface area contributed by atoms with Crippen LogP contribution in [0.2, 0.25) is 5.02 Å². The molecule has 0 bridgehead atoms. The number of halogens is 1. The van der Waals surface area contributed by atoms with Gasteiger partial charge in [0, 0.05) is 16.6 Å². The molecule has 7 nitrogen and oxygen atoms in total. The molecule has 9 heteroatoms. The number of allylic oxidation sites excluding steroid dienone is 1. The number of nitrogens with one attached hydrogen (secondary N) is 2. The zero-order valence-electron chi connectivity index (χ0n) is 18.8. The van der Waals surface area contributed by atoms with Gasteiger partial charge in [0.05, 0.1) is 29.0 Å². The second kappa shape index (κ2) is 11.7. The van der Waals surface area contributed by atoms with Crippen molar-refractivity contribution in [1.82, 2.24) is 5.32 Å². The van der Waals surface area contributed by atoms with Crippen LogP contribution in [0, 0.1) is 17.2 Å². The predicted octanol–water partition coefficient (Wildman–Crippen LogP) is 4.40. The van der Waals surface area contributed by atoms with Crippen molar-refractivity contribution in [1.29, 1.82) is 5.26 Å². The van der Waals surface area contributed by atoms with Gasteiger partial charge in [0.1, 0.15) is 5.92 Å². The normalized spacial score (nSPS) is 17.5. The van der Waals surface area contributed by atoms with Gasteiger partial charge in [-0.05, 0) is 42.7 Å². The summed E-state index contributed by atoms with van der Waals surface area (Å²) >= 11 is 7.39. The summed E-state index contributed by atoms with van der Waals surface area (Å²) < 4.78 is 5.11. The monoisotopic (exact) mass is 497 g/mol. The van der Waals surface area contributed by atoms with Crippen LogP contribution in [0.5, 0.6) is 0 Å². The number of hydrogen-bond acceptors (Lipinski definition) is 6. The molecule has 1 aliphatic rings. The number of benzene rings is 2. The van der Waals surface area contributed by atoms with Gasteiger partial charge in [0.25, 0.3) is 0 Å². The van der Waals surface area contributed by atoms with Crippen LogP contribution in [0.15, 0.2) is 59.1 Å². The molecule has 2 atom stereocenters. The first-order valence-corrected chi connectivity index (χ1v) is 12.1. The molecule has 2 aromatic rings. The average Bonchev–Trinajstić information content (AvgIpc) is 2.83. The van der Waals surface area contributed by atoms with E-state index in [0.717, 1.165) is 23.7 Å². The van der Waals surface area contributed by atoms with Gasteiger partial charge in [-0.2, -0.15) is 5.26 Å². The van der Waals surface area contributed by atoms with Gasteiger partial charge in [0.2, 0.25) is 11.8 Å². The third-order valence-corrected chi connectivity index (χ3v) is 6.66. The predicted molar refractivity (Wildman–Crippen MR) is 132 cm³/mol. The van der Waals surface area contributed by atoms with Crippen LogP contribution in [-0.2, 0) is 25.5 Å². The molecule has 0 radical (unpaired) electrons. The molecule has 1 aliphatic heterocycles. The summed E-state index contributed by atoms with van der Waals surface area (Å²) in [7, 11) is 0. The van der Waals surface area contributed by atoms with E-state index in [4.69, 9.17) is 16.3 Å². The van der Waals surface area contributed by atoms with Crippen LogP contribution in [-0.4, -0.2) is 30.1 Å². The van der Waals surface area contributed by atoms with E-state index in [-0.39, 0.29) is 28.9 Å². The largest absolute Gasteiger partial charge is 0.465 e. The quantitative estimate of drug-likeness (QED) is 0.413. The van der Waals surface area contributed by atoms with Gasteiger partial charge >= 0.3 is 5.97 Å². The number of anilines is 1. The molecule has 2 N–H and O–H groups in total. The van der Waals surface area contributed by atoms with Gasteiger partial charge in [-0.3, -0.25) is 14.4 Å². The number of aryl methyl sites for hydroxylation is 1. The minimum absolute atomic E-state index is 0.0460. The Morgan fingerprint density at radius 1 is 1.18 bits per heavy atom. The van der Waals surface area contributed by atoms with E-state index in [1.807, 2.05) is 31.2 Å². The van der Waals surface area contributed by atoms with E-state index in [0.29, 0.717) is 16.3 Å². The summed E-state index contributed by atoms with van der Waals surface area (Å²) in [6.07, 6.45) is 0.897. The highest BCUT2D eigenvalue weighted by molar-refractivity contribution is 8.03. The Balaban J connectivity index is 1.87. The van der Waals surface area contributed by atoms with Crippen LogP contribution in [0.4, 0.5) is 5.69 Å². The van der Waals surface area contributed by atoms with Crippen molar-refractivity contribution in [3.8, 4) is 6.07 Å². The van der Waals surface area contributed by atoms with Crippen LogP contribution >= 0.6 is 23.4 Å². The summed E-state index contributed by atoms with van der Waals surface area (Å²) in [5.41, 5.74) is 2.42.